The molecule has 0 aromatic heterocycles. The first-order valence-electron chi connectivity index (χ1n) is 5.42. The zero-order chi connectivity index (χ0) is 12.4. The van der Waals surface area contributed by atoms with E-state index < -0.39 is 11.9 Å². The van der Waals surface area contributed by atoms with Crippen molar-refractivity contribution in [2.75, 3.05) is 7.11 Å². The van der Waals surface area contributed by atoms with Crippen LogP contribution in [0.4, 0.5) is 0 Å². The summed E-state index contributed by atoms with van der Waals surface area (Å²) in [5.74, 6) is -0.490. The fourth-order valence-electron chi connectivity index (χ4n) is 1.78. The van der Waals surface area contributed by atoms with Gasteiger partial charge in [0.1, 0.15) is 5.75 Å². The van der Waals surface area contributed by atoms with Gasteiger partial charge in [-0.1, -0.05) is 24.3 Å². The number of rotatable bonds is 3. The Hall–Kier alpha value is -0.549. The monoisotopic (exact) mass is 320 g/mol. The Kier molecular flexibility index (Phi) is 5.66. The van der Waals surface area contributed by atoms with Crippen molar-refractivity contribution in [1.82, 2.24) is 0 Å². The van der Waals surface area contributed by atoms with Gasteiger partial charge in [-0.25, -0.2) is 0 Å². The molecule has 4 heteroatoms. The van der Waals surface area contributed by atoms with Gasteiger partial charge in [-0.2, -0.15) is 0 Å². The number of carbonyl (C=O) groups is 1. The topological polar surface area (TPSA) is 46.5 Å². The molecule has 2 aromatic carbocycles. The first-order chi connectivity index (χ1) is 8.11. The number of carboxylic acids is 1. The van der Waals surface area contributed by atoms with Crippen molar-refractivity contribution in [1.29, 1.82) is 0 Å². The number of benzene rings is 2. The fraction of sp³-hybridized carbons (Fsp3) is 0.214. The summed E-state index contributed by atoms with van der Waals surface area (Å²) in [6.45, 7) is 1.69. The van der Waals surface area contributed by atoms with Gasteiger partial charge >= 0.3 is 51.5 Å². The number of hydrogen-bond donors (Lipinski definition) is 1. The molecule has 1 atom stereocenters. The van der Waals surface area contributed by atoms with E-state index in [0.717, 1.165) is 22.1 Å². The van der Waals surface area contributed by atoms with Crippen LogP contribution >= 0.6 is 0 Å². The van der Waals surface area contributed by atoms with Gasteiger partial charge in [0.25, 0.3) is 0 Å². The summed E-state index contributed by atoms with van der Waals surface area (Å²) < 4.78 is 5.14. The van der Waals surface area contributed by atoms with Crippen LogP contribution in [-0.2, 0) is 4.79 Å². The molecule has 0 heterocycles. The Morgan fingerprint density at radius 3 is 2.39 bits per heavy atom. The van der Waals surface area contributed by atoms with Crippen LogP contribution in [0, 0.1) is 0 Å². The van der Waals surface area contributed by atoms with Gasteiger partial charge in [-0.15, -0.1) is 0 Å². The number of hydrogen-bond acceptors (Lipinski definition) is 2. The minimum atomic E-state index is -0.808. The van der Waals surface area contributed by atoms with Crippen molar-refractivity contribution < 1.29 is 14.6 Å². The van der Waals surface area contributed by atoms with Gasteiger partial charge < -0.3 is 9.84 Å². The van der Waals surface area contributed by atoms with Crippen LogP contribution < -0.4 is 4.74 Å². The van der Waals surface area contributed by atoms with Crippen LogP contribution in [0.5, 0.6) is 5.75 Å². The standard InChI is InChI=1S/C14H14O3.Sr.2H/c1-9(14(15)16)10-3-4-12-8-13(17-2)6-5-11(12)7-10;;;/h3-9H,1-2H3,(H,15,16);;;. The second-order valence-electron chi connectivity index (χ2n) is 4.03. The predicted molar refractivity (Wildman–Crippen MR) is 75.1 cm³/mol. The molecule has 0 aliphatic heterocycles. The second-order valence-corrected chi connectivity index (χ2v) is 4.03. The predicted octanol–water partition coefficient (Wildman–Crippen LogP) is 2.12. The van der Waals surface area contributed by atoms with Crippen molar-refractivity contribution >= 4 is 62.2 Å². The number of methoxy groups -OCH3 is 1. The molecule has 92 valence electrons. The normalized spacial score (nSPS) is 11.7. The Balaban J connectivity index is 0.00000162. The fourth-order valence-corrected chi connectivity index (χ4v) is 1.78. The summed E-state index contributed by atoms with van der Waals surface area (Å²) in [6, 6.07) is 11.4. The Morgan fingerprint density at radius 1 is 1.17 bits per heavy atom. The Bertz CT molecular complexity index is 566. The van der Waals surface area contributed by atoms with Crippen molar-refractivity contribution in [3.8, 4) is 5.75 Å². The van der Waals surface area contributed by atoms with Gasteiger partial charge in [0, 0.05) is 0 Å². The van der Waals surface area contributed by atoms with Crippen molar-refractivity contribution in [3.63, 3.8) is 0 Å². The van der Waals surface area contributed by atoms with E-state index in [1.165, 1.54) is 0 Å². The van der Waals surface area contributed by atoms with Gasteiger partial charge in [-0.3, -0.25) is 4.79 Å². The average molecular weight is 320 g/mol. The molecule has 0 radical (unpaired) electrons. The Morgan fingerprint density at radius 2 is 1.78 bits per heavy atom. The molecule has 18 heavy (non-hydrogen) atoms. The van der Waals surface area contributed by atoms with Gasteiger partial charge in [0.05, 0.1) is 13.0 Å². The average Bonchev–Trinajstić information content (AvgIpc) is 2.36. The van der Waals surface area contributed by atoms with E-state index in [1.807, 2.05) is 36.4 Å². The summed E-state index contributed by atoms with van der Waals surface area (Å²) in [5.41, 5.74) is 0.815. The van der Waals surface area contributed by atoms with Gasteiger partial charge in [0.15, 0.2) is 0 Å². The molecule has 3 nitrogen and oxygen atoms in total. The maximum absolute atomic E-state index is 10.9. The molecule has 0 saturated carbocycles. The van der Waals surface area contributed by atoms with E-state index in [1.54, 1.807) is 14.0 Å². The number of carboxylic acid groups (broad SMARTS) is 1. The van der Waals surface area contributed by atoms with Crippen LogP contribution in [0.1, 0.15) is 18.4 Å². The molecule has 0 bridgehead atoms. The van der Waals surface area contributed by atoms with Crippen LogP contribution in [0.25, 0.3) is 10.8 Å². The molecular weight excluding hydrogens is 304 g/mol. The van der Waals surface area contributed by atoms with Crippen LogP contribution in [-0.4, -0.2) is 63.7 Å². The van der Waals surface area contributed by atoms with Crippen molar-refractivity contribution in [3.05, 3.63) is 42.0 Å². The van der Waals surface area contributed by atoms with Gasteiger partial charge in [0.2, 0.25) is 0 Å². The molecule has 1 N–H and O–H groups in total. The summed E-state index contributed by atoms with van der Waals surface area (Å²) in [7, 11) is 1.63. The van der Waals surface area contributed by atoms with Crippen molar-refractivity contribution in [2.24, 2.45) is 0 Å². The van der Waals surface area contributed by atoms with Gasteiger partial charge in [-0.05, 0) is 35.4 Å². The Labute approximate surface area is 143 Å². The molecule has 0 fully saturated rings. The number of fused-ring (bicyclic) bond motifs is 1. The van der Waals surface area contributed by atoms with E-state index >= 15 is 0 Å². The van der Waals surface area contributed by atoms with E-state index in [9.17, 15) is 4.79 Å². The van der Waals surface area contributed by atoms with Crippen LogP contribution in [0.2, 0.25) is 0 Å². The minimum absolute atomic E-state index is 0. The zero-order valence-electron chi connectivity index (χ0n) is 9.81. The quantitative estimate of drug-likeness (QED) is 0.882. The first-order valence-corrected chi connectivity index (χ1v) is 5.42. The second kappa shape index (κ2) is 6.57. The molecule has 2 rings (SSSR count). The molecule has 0 aliphatic rings. The maximum atomic E-state index is 10.9. The van der Waals surface area contributed by atoms with E-state index in [4.69, 9.17) is 9.84 Å². The molecular formula is C14H16O3Sr. The molecule has 0 aliphatic carbocycles. The summed E-state index contributed by atoms with van der Waals surface area (Å²) in [4.78, 5) is 10.9. The third-order valence-electron chi connectivity index (χ3n) is 2.94. The van der Waals surface area contributed by atoms with E-state index in [-0.39, 0.29) is 45.5 Å². The molecule has 2 aromatic rings. The molecule has 0 saturated heterocycles. The van der Waals surface area contributed by atoms with Crippen LogP contribution in [0.15, 0.2) is 36.4 Å². The molecule has 0 spiro atoms. The van der Waals surface area contributed by atoms with Crippen LogP contribution in [0.3, 0.4) is 0 Å². The SMILES string of the molecule is COc1ccc2cc(C(C)C(=O)O)ccc2c1.[SrH2]. The summed E-state index contributed by atoms with van der Waals surface area (Å²) in [6.07, 6.45) is 0. The van der Waals surface area contributed by atoms with E-state index in [2.05, 4.69) is 0 Å². The first kappa shape index (κ1) is 15.5. The number of ether oxygens (including phenoxy) is 1. The summed E-state index contributed by atoms with van der Waals surface area (Å²) in [5, 5.41) is 11.0. The number of aliphatic carboxylic acids is 1. The molecule has 0 amide bonds. The zero-order valence-corrected chi connectivity index (χ0v) is 9.81. The third-order valence-corrected chi connectivity index (χ3v) is 2.94. The van der Waals surface area contributed by atoms with E-state index in [0.29, 0.717) is 0 Å². The summed E-state index contributed by atoms with van der Waals surface area (Å²) >= 11 is 0. The third kappa shape index (κ3) is 3.26. The van der Waals surface area contributed by atoms with Crippen molar-refractivity contribution in [2.45, 2.75) is 12.8 Å². The molecule has 1 unspecified atom stereocenters.